The van der Waals surface area contributed by atoms with E-state index in [0.29, 0.717) is 24.7 Å². The minimum atomic E-state index is 0.213. The molecule has 0 amide bonds. The molecule has 2 heterocycles. The lowest BCUT2D eigenvalue weighted by atomic mass is 10.1. The number of Topliss-reactive ketones (excluding diaryl/α,β-unsaturated/α-hetero) is 1. The van der Waals surface area contributed by atoms with Gasteiger partial charge in [0.25, 0.3) is 0 Å². The first kappa shape index (κ1) is 12.8. The van der Waals surface area contributed by atoms with E-state index in [1.165, 1.54) is 0 Å². The van der Waals surface area contributed by atoms with E-state index in [1.807, 2.05) is 31.2 Å². The Morgan fingerprint density at radius 3 is 3.00 bits per heavy atom. The molecule has 0 spiro atoms. The second-order valence-corrected chi connectivity index (χ2v) is 4.92. The number of fused-ring (bicyclic) bond motifs is 1. The molecule has 2 aromatic rings. The summed E-state index contributed by atoms with van der Waals surface area (Å²) in [4.78, 5) is 18.6. The van der Waals surface area contributed by atoms with E-state index in [-0.39, 0.29) is 5.78 Å². The summed E-state index contributed by atoms with van der Waals surface area (Å²) in [6.07, 6.45) is 2.19. The van der Waals surface area contributed by atoms with Crippen molar-refractivity contribution < 1.29 is 9.32 Å². The minimum Gasteiger partial charge on any atom is -0.363 e. The van der Waals surface area contributed by atoms with Gasteiger partial charge < -0.3 is 9.42 Å². The zero-order valence-electron chi connectivity index (χ0n) is 11.5. The summed E-state index contributed by atoms with van der Waals surface area (Å²) in [7, 11) is 0. The van der Waals surface area contributed by atoms with E-state index in [0.717, 1.165) is 30.6 Å². The number of hydrogen-bond donors (Lipinski definition) is 0. The van der Waals surface area contributed by atoms with Crippen LogP contribution in [0.15, 0.2) is 28.8 Å². The quantitative estimate of drug-likeness (QED) is 0.858. The largest absolute Gasteiger partial charge is 0.363 e. The molecule has 3 rings (SSSR count). The summed E-state index contributed by atoms with van der Waals surface area (Å²) >= 11 is 0. The lowest BCUT2D eigenvalue weighted by Crippen LogP contribution is -2.24. The maximum Gasteiger partial charge on any atom is 0.226 e. The third-order valence-electron chi connectivity index (χ3n) is 3.52. The van der Waals surface area contributed by atoms with E-state index in [2.05, 4.69) is 15.0 Å². The third-order valence-corrected chi connectivity index (χ3v) is 3.52. The lowest BCUT2D eigenvalue weighted by molar-refractivity contribution is 0.0984. The Hall–Kier alpha value is -2.17. The van der Waals surface area contributed by atoms with Gasteiger partial charge in [-0.3, -0.25) is 4.79 Å². The van der Waals surface area contributed by atoms with Crippen molar-refractivity contribution in [3.05, 3.63) is 41.5 Å². The number of rotatable bonds is 3. The topological polar surface area (TPSA) is 59.2 Å². The summed E-state index contributed by atoms with van der Waals surface area (Å²) in [6.45, 7) is 3.39. The number of benzene rings is 1. The summed E-state index contributed by atoms with van der Waals surface area (Å²) < 4.78 is 5.14. The average Bonchev–Trinajstić information content (AvgIpc) is 2.87. The lowest BCUT2D eigenvalue weighted by Gasteiger charge is -2.22. The number of para-hydroxylation sites is 1. The molecule has 0 bridgehead atoms. The zero-order valence-corrected chi connectivity index (χ0v) is 11.5. The highest BCUT2D eigenvalue weighted by Crippen LogP contribution is 2.27. The van der Waals surface area contributed by atoms with Gasteiger partial charge in [0.2, 0.25) is 5.89 Å². The van der Waals surface area contributed by atoms with Crippen molar-refractivity contribution in [3.8, 4) is 0 Å². The van der Waals surface area contributed by atoms with Gasteiger partial charge in [-0.2, -0.15) is 4.98 Å². The molecular weight excluding hydrogens is 254 g/mol. The van der Waals surface area contributed by atoms with Crippen LogP contribution in [-0.2, 0) is 13.0 Å². The fraction of sp³-hybridized carbons (Fsp3) is 0.400. The van der Waals surface area contributed by atoms with E-state index in [1.54, 1.807) is 0 Å². The molecule has 5 heteroatoms. The molecule has 1 aromatic carbocycles. The number of aryl methyl sites for hydroxylation is 1. The molecule has 1 aliphatic rings. The van der Waals surface area contributed by atoms with Gasteiger partial charge in [0.15, 0.2) is 11.6 Å². The van der Waals surface area contributed by atoms with Gasteiger partial charge in [-0.1, -0.05) is 24.2 Å². The zero-order chi connectivity index (χ0) is 13.9. The minimum absolute atomic E-state index is 0.213. The van der Waals surface area contributed by atoms with Crippen molar-refractivity contribution in [2.24, 2.45) is 0 Å². The molecule has 1 aromatic heterocycles. The number of hydrogen-bond acceptors (Lipinski definition) is 5. The normalized spacial score (nSPS) is 15.1. The van der Waals surface area contributed by atoms with Crippen molar-refractivity contribution >= 4 is 11.5 Å². The first-order valence-electron chi connectivity index (χ1n) is 6.96. The molecule has 0 atom stereocenters. The summed E-state index contributed by atoms with van der Waals surface area (Å²) in [5.74, 6) is 1.54. The number of nitrogens with zero attached hydrogens (tertiary/aromatic N) is 3. The van der Waals surface area contributed by atoms with E-state index < -0.39 is 0 Å². The van der Waals surface area contributed by atoms with Crippen molar-refractivity contribution in [2.75, 3.05) is 11.4 Å². The average molecular weight is 271 g/mol. The Morgan fingerprint density at radius 2 is 2.20 bits per heavy atom. The van der Waals surface area contributed by atoms with Gasteiger partial charge in [-0.25, -0.2) is 0 Å². The Kier molecular flexibility index (Phi) is 3.50. The third kappa shape index (κ3) is 2.43. The molecule has 104 valence electrons. The SMILES string of the molecule is CCc1nc(CN2CCCC(=O)c3ccccc32)no1. The summed E-state index contributed by atoms with van der Waals surface area (Å²) in [5, 5.41) is 3.99. The highest BCUT2D eigenvalue weighted by atomic mass is 16.5. The maximum absolute atomic E-state index is 12.1. The smallest absolute Gasteiger partial charge is 0.226 e. The van der Waals surface area contributed by atoms with Crippen LogP contribution in [0.25, 0.3) is 0 Å². The predicted octanol–water partition coefficient (Wildman–Crippen LogP) is 2.62. The van der Waals surface area contributed by atoms with Crippen molar-refractivity contribution in [2.45, 2.75) is 32.7 Å². The standard InChI is InChI=1S/C15H17N3O2/c1-2-15-16-14(17-20-15)10-18-9-5-8-13(19)11-6-3-4-7-12(11)18/h3-4,6-7H,2,5,8-10H2,1H3. The number of anilines is 1. The molecule has 0 aliphatic carbocycles. The van der Waals surface area contributed by atoms with Crippen molar-refractivity contribution in [1.82, 2.24) is 10.1 Å². The Morgan fingerprint density at radius 1 is 1.35 bits per heavy atom. The highest BCUT2D eigenvalue weighted by Gasteiger charge is 2.21. The van der Waals surface area contributed by atoms with Gasteiger partial charge >= 0.3 is 0 Å². The second kappa shape index (κ2) is 5.45. The van der Waals surface area contributed by atoms with Crippen molar-refractivity contribution in [3.63, 3.8) is 0 Å². The van der Waals surface area contributed by atoms with Crippen LogP contribution in [0.2, 0.25) is 0 Å². The molecule has 0 unspecified atom stereocenters. The molecule has 0 fully saturated rings. The van der Waals surface area contributed by atoms with Gasteiger partial charge in [0, 0.05) is 30.6 Å². The van der Waals surface area contributed by atoms with E-state index in [4.69, 9.17) is 4.52 Å². The Balaban J connectivity index is 1.89. The maximum atomic E-state index is 12.1. The van der Waals surface area contributed by atoms with Crippen LogP contribution in [0, 0.1) is 0 Å². The number of ketones is 1. The van der Waals surface area contributed by atoms with Crippen LogP contribution < -0.4 is 4.90 Å². The van der Waals surface area contributed by atoms with Gasteiger partial charge in [-0.05, 0) is 18.6 Å². The van der Waals surface area contributed by atoms with Gasteiger partial charge in [0.1, 0.15) is 0 Å². The first-order chi connectivity index (χ1) is 9.78. The Bertz CT molecular complexity index is 621. The van der Waals surface area contributed by atoms with E-state index in [9.17, 15) is 4.79 Å². The molecule has 20 heavy (non-hydrogen) atoms. The van der Waals surface area contributed by atoms with Crippen LogP contribution >= 0.6 is 0 Å². The Labute approximate surface area is 117 Å². The summed E-state index contributed by atoms with van der Waals surface area (Å²) in [5.41, 5.74) is 1.77. The first-order valence-corrected chi connectivity index (χ1v) is 6.96. The van der Waals surface area contributed by atoms with Crippen LogP contribution in [0.5, 0.6) is 0 Å². The van der Waals surface area contributed by atoms with Crippen LogP contribution in [-0.4, -0.2) is 22.5 Å². The number of aromatic nitrogens is 2. The van der Waals surface area contributed by atoms with Crippen LogP contribution in [0.4, 0.5) is 5.69 Å². The predicted molar refractivity (Wildman–Crippen MR) is 74.7 cm³/mol. The van der Waals surface area contributed by atoms with Gasteiger partial charge in [0.05, 0.1) is 6.54 Å². The highest BCUT2D eigenvalue weighted by molar-refractivity contribution is 6.01. The fourth-order valence-electron chi connectivity index (χ4n) is 2.50. The van der Waals surface area contributed by atoms with Crippen LogP contribution in [0.1, 0.15) is 41.8 Å². The number of carbonyl (C=O) groups is 1. The molecule has 5 nitrogen and oxygen atoms in total. The molecule has 0 saturated heterocycles. The fourth-order valence-corrected chi connectivity index (χ4v) is 2.50. The molecule has 0 N–H and O–H groups in total. The van der Waals surface area contributed by atoms with E-state index >= 15 is 0 Å². The molecule has 0 radical (unpaired) electrons. The monoisotopic (exact) mass is 271 g/mol. The second-order valence-electron chi connectivity index (χ2n) is 4.92. The summed E-state index contributed by atoms with van der Waals surface area (Å²) in [6, 6.07) is 7.74. The van der Waals surface area contributed by atoms with Crippen LogP contribution in [0.3, 0.4) is 0 Å². The molecule has 0 saturated carbocycles. The number of carbonyl (C=O) groups excluding carboxylic acids is 1. The van der Waals surface area contributed by atoms with Crippen molar-refractivity contribution in [1.29, 1.82) is 0 Å². The molecular formula is C15H17N3O2. The van der Waals surface area contributed by atoms with Gasteiger partial charge in [-0.15, -0.1) is 0 Å². The molecule has 1 aliphatic heterocycles.